The predicted octanol–water partition coefficient (Wildman–Crippen LogP) is 1.96. The molecular formula is C15H23N3O2S. The molecule has 21 heavy (non-hydrogen) atoms. The number of nitrogens with zero attached hydrogens (tertiary/aromatic N) is 1. The van der Waals surface area contributed by atoms with Gasteiger partial charge in [0, 0.05) is 34.0 Å². The van der Waals surface area contributed by atoms with Crippen molar-refractivity contribution in [1.29, 1.82) is 0 Å². The highest BCUT2D eigenvalue weighted by Crippen LogP contribution is 2.22. The van der Waals surface area contributed by atoms with Crippen LogP contribution in [-0.2, 0) is 17.3 Å². The van der Waals surface area contributed by atoms with Crippen molar-refractivity contribution < 1.29 is 9.00 Å². The lowest BCUT2D eigenvalue weighted by Gasteiger charge is -2.29. The molecule has 0 radical (unpaired) electrons. The lowest BCUT2D eigenvalue weighted by atomic mass is 9.95. The average Bonchev–Trinajstić information content (AvgIpc) is 2.53. The number of hydrogen-bond acceptors (Lipinski definition) is 3. The Morgan fingerprint density at radius 2 is 2.29 bits per heavy atom. The van der Waals surface area contributed by atoms with Gasteiger partial charge in [-0.15, -0.1) is 0 Å². The zero-order valence-corrected chi connectivity index (χ0v) is 13.2. The van der Waals surface area contributed by atoms with E-state index in [1.807, 2.05) is 25.1 Å². The Balaban J connectivity index is 1.76. The van der Waals surface area contributed by atoms with Gasteiger partial charge in [0.25, 0.3) is 0 Å². The topological polar surface area (TPSA) is 71.1 Å². The average molecular weight is 309 g/mol. The van der Waals surface area contributed by atoms with Crippen molar-refractivity contribution in [2.24, 2.45) is 0 Å². The first-order valence-electron chi connectivity index (χ1n) is 7.50. The van der Waals surface area contributed by atoms with E-state index in [4.69, 9.17) is 0 Å². The zero-order valence-electron chi connectivity index (χ0n) is 12.4. The van der Waals surface area contributed by atoms with Crippen molar-refractivity contribution in [2.45, 2.75) is 50.4 Å². The smallest absolute Gasteiger partial charge is 0.315 e. The second-order valence-corrected chi connectivity index (χ2v) is 7.31. The number of nitrogens with one attached hydrogen (secondary N) is 2. The maximum atomic E-state index is 11.9. The van der Waals surface area contributed by atoms with Gasteiger partial charge in [0.05, 0.1) is 12.2 Å². The van der Waals surface area contributed by atoms with Gasteiger partial charge in [0.2, 0.25) is 0 Å². The summed E-state index contributed by atoms with van der Waals surface area (Å²) in [4.78, 5) is 16.1. The molecule has 2 N–H and O–H groups in total. The summed E-state index contributed by atoms with van der Waals surface area (Å²) in [6.07, 6.45) is 5.53. The maximum absolute atomic E-state index is 11.9. The number of pyridine rings is 1. The molecule has 6 heteroatoms. The second-order valence-electron chi connectivity index (χ2n) is 5.30. The van der Waals surface area contributed by atoms with Crippen LogP contribution in [0.2, 0.25) is 0 Å². The quantitative estimate of drug-likeness (QED) is 0.873. The fraction of sp³-hybridized carbons (Fsp3) is 0.600. The van der Waals surface area contributed by atoms with E-state index >= 15 is 0 Å². The number of carbonyl (C=O) groups excluding carboxylic acids is 1. The molecule has 2 rings (SSSR count). The highest BCUT2D eigenvalue weighted by molar-refractivity contribution is 7.85. The summed E-state index contributed by atoms with van der Waals surface area (Å²) >= 11 is 0. The summed E-state index contributed by atoms with van der Waals surface area (Å²) in [6.45, 7) is 2.37. The molecule has 0 aromatic carbocycles. The molecule has 3 atom stereocenters. The summed E-state index contributed by atoms with van der Waals surface area (Å²) < 4.78 is 11.9. The third-order valence-corrected chi connectivity index (χ3v) is 5.51. The zero-order chi connectivity index (χ0) is 15.1. The van der Waals surface area contributed by atoms with Crippen molar-refractivity contribution in [3.8, 4) is 0 Å². The highest BCUT2D eigenvalue weighted by Gasteiger charge is 2.26. The van der Waals surface area contributed by atoms with E-state index in [1.165, 1.54) is 0 Å². The first-order chi connectivity index (χ1) is 10.2. The summed E-state index contributed by atoms with van der Waals surface area (Å²) in [5, 5.41) is 6.03. The van der Waals surface area contributed by atoms with Crippen LogP contribution >= 0.6 is 0 Å². The normalized spacial score (nSPS) is 23.3. The van der Waals surface area contributed by atoms with Gasteiger partial charge in [-0.2, -0.15) is 0 Å². The van der Waals surface area contributed by atoms with Crippen molar-refractivity contribution in [3.63, 3.8) is 0 Å². The van der Waals surface area contributed by atoms with Gasteiger partial charge in [-0.3, -0.25) is 9.19 Å². The molecule has 0 bridgehead atoms. The van der Waals surface area contributed by atoms with Crippen LogP contribution in [0.25, 0.3) is 0 Å². The van der Waals surface area contributed by atoms with Gasteiger partial charge >= 0.3 is 6.03 Å². The van der Waals surface area contributed by atoms with Gasteiger partial charge in [0.1, 0.15) is 0 Å². The van der Waals surface area contributed by atoms with Crippen molar-refractivity contribution in [1.82, 2.24) is 15.6 Å². The molecule has 1 saturated carbocycles. The van der Waals surface area contributed by atoms with Crippen LogP contribution in [0, 0.1) is 0 Å². The maximum Gasteiger partial charge on any atom is 0.315 e. The molecule has 1 aromatic heterocycles. The Bertz CT molecular complexity index is 481. The first-order valence-corrected chi connectivity index (χ1v) is 8.88. The molecule has 116 valence electrons. The summed E-state index contributed by atoms with van der Waals surface area (Å²) in [5.41, 5.74) is 0.834. The number of hydrogen-bond donors (Lipinski definition) is 2. The number of amides is 2. The van der Waals surface area contributed by atoms with E-state index in [-0.39, 0.29) is 17.3 Å². The minimum absolute atomic E-state index is 0.128. The van der Waals surface area contributed by atoms with Crippen molar-refractivity contribution in [3.05, 3.63) is 30.1 Å². The lowest BCUT2D eigenvalue weighted by molar-refractivity contribution is 0.232. The number of aromatic nitrogens is 1. The summed E-state index contributed by atoms with van der Waals surface area (Å²) in [6, 6.07) is 5.57. The van der Waals surface area contributed by atoms with E-state index in [2.05, 4.69) is 15.6 Å². The van der Waals surface area contributed by atoms with Crippen LogP contribution < -0.4 is 10.6 Å². The SMILES string of the molecule is CC[S@@](=O)[C@@H]1CCC[C@H](NC(=O)NCc2ccccn2)C1. The van der Waals surface area contributed by atoms with E-state index in [0.29, 0.717) is 12.3 Å². The van der Waals surface area contributed by atoms with Gasteiger partial charge in [-0.25, -0.2) is 4.79 Å². The largest absolute Gasteiger partial charge is 0.335 e. The van der Waals surface area contributed by atoms with E-state index in [1.54, 1.807) is 6.20 Å². The third kappa shape index (κ3) is 5.12. The van der Waals surface area contributed by atoms with Crippen LogP contribution in [0.15, 0.2) is 24.4 Å². The van der Waals surface area contributed by atoms with Crippen LogP contribution in [0.3, 0.4) is 0 Å². The number of carbonyl (C=O) groups is 1. The molecule has 0 aliphatic heterocycles. The Kier molecular flexibility index (Phi) is 6.17. The molecule has 5 nitrogen and oxygen atoms in total. The first kappa shape index (κ1) is 15.9. The van der Waals surface area contributed by atoms with Crippen molar-refractivity contribution in [2.75, 3.05) is 5.75 Å². The molecule has 0 unspecified atom stereocenters. The molecule has 0 saturated heterocycles. The molecule has 1 heterocycles. The number of urea groups is 1. The molecule has 1 fully saturated rings. The van der Waals surface area contributed by atoms with Crippen LogP contribution in [0.4, 0.5) is 4.79 Å². The van der Waals surface area contributed by atoms with Crippen LogP contribution in [0.1, 0.15) is 38.3 Å². The second kappa shape index (κ2) is 8.12. The molecule has 0 spiro atoms. The highest BCUT2D eigenvalue weighted by atomic mass is 32.2. The van der Waals surface area contributed by atoms with Gasteiger partial charge in [-0.05, 0) is 31.4 Å². The summed E-state index contributed by atoms with van der Waals surface area (Å²) in [7, 11) is -0.764. The van der Waals surface area contributed by atoms with E-state index in [9.17, 15) is 9.00 Å². The fourth-order valence-electron chi connectivity index (χ4n) is 2.66. The monoisotopic (exact) mass is 309 g/mol. The third-order valence-electron chi connectivity index (χ3n) is 3.77. The minimum atomic E-state index is -0.764. The molecule has 1 aromatic rings. The van der Waals surface area contributed by atoms with Crippen LogP contribution in [-0.4, -0.2) is 32.3 Å². The standard InChI is InChI=1S/C15H23N3O2S/c1-2-21(20)14-8-5-7-12(10-14)18-15(19)17-11-13-6-3-4-9-16-13/h3-4,6,9,12,14H,2,5,7-8,10-11H2,1H3,(H2,17,18,19)/t12-,14+,21+/m0/s1. The Labute approximate surface area is 128 Å². The molecular weight excluding hydrogens is 286 g/mol. The lowest BCUT2D eigenvalue weighted by Crippen LogP contribution is -2.45. The van der Waals surface area contributed by atoms with Crippen LogP contribution in [0.5, 0.6) is 0 Å². The van der Waals surface area contributed by atoms with Crippen molar-refractivity contribution >= 4 is 16.8 Å². The Hall–Kier alpha value is -1.43. The molecule has 1 aliphatic rings. The predicted molar refractivity (Wildman–Crippen MR) is 84.3 cm³/mol. The Morgan fingerprint density at radius 1 is 1.43 bits per heavy atom. The van der Waals surface area contributed by atoms with E-state index in [0.717, 1.165) is 31.4 Å². The number of rotatable bonds is 5. The Morgan fingerprint density at radius 3 is 3.00 bits per heavy atom. The van der Waals surface area contributed by atoms with Gasteiger partial charge < -0.3 is 10.6 Å². The van der Waals surface area contributed by atoms with E-state index < -0.39 is 10.8 Å². The molecule has 2 amide bonds. The van der Waals surface area contributed by atoms with Gasteiger partial charge in [0.15, 0.2) is 0 Å². The minimum Gasteiger partial charge on any atom is -0.335 e. The van der Waals surface area contributed by atoms with Gasteiger partial charge in [-0.1, -0.05) is 19.4 Å². The summed E-state index contributed by atoms with van der Waals surface area (Å²) in [5.74, 6) is 0.698. The molecule has 1 aliphatic carbocycles. The fourth-order valence-corrected chi connectivity index (χ4v) is 4.01.